The lowest BCUT2D eigenvalue weighted by Gasteiger charge is -2.35. The van der Waals surface area contributed by atoms with Crippen LogP contribution in [0.25, 0.3) is 0 Å². The highest BCUT2D eigenvalue weighted by Gasteiger charge is 2.41. The predicted octanol–water partition coefficient (Wildman–Crippen LogP) is 3.02. The number of piperidine rings is 1. The Hall–Kier alpha value is -2.39. The number of halogens is 3. The van der Waals surface area contributed by atoms with E-state index >= 15 is 0 Å². The topological polar surface area (TPSA) is 59.4 Å². The van der Waals surface area contributed by atoms with E-state index in [0.29, 0.717) is 49.9 Å². The van der Waals surface area contributed by atoms with Gasteiger partial charge in [0.15, 0.2) is 0 Å². The number of hydrogen-bond donors (Lipinski definition) is 1. The Kier molecular flexibility index (Phi) is 6.85. The smallest absolute Gasteiger partial charge is 0.377 e. The molecule has 2 aliphatic heterocycles. The lowest BCUT2D eigenvalue weighted by Crippen LogP contribution is -2.42. The molecule has 2 aromatic rings. The Labute approximate surface area is 185 Å². The molecule has 4 rings (SSSR count). The van der Waals surface area contributed by atoms with Crippen LogP contribution in [-0.4, -0.2) is 52.7 Å². The second-order valence-corrected chi connectivity index (χ2v) is 8.85. The molecule has 1 aromatic heterocycles. The zero-order chi connectivity index (χ0) is 22.7. The van der Waals surface area contributed by atoms with Gasteiger partial charge in [-0.3, -0.25) is 9.69 Å². The molecule has 2 fully saturated rings. The minimum Gasteiger partial charge on any atom is -0.377 e. The van der Waals surface area contributed by atoms with Gasteiger partial charge in [0.05, 0.1) is 36.7 Å². The molecule has 0 unspecified atom stereocenters. The number of likely N-dealkylation sites (tertiary alicyclic amines) is 1. The Bertz CT molecular complexity index is 930. The molecule has 3 atom stereocenters. The first-order chi connectivity index (χ1) is 15.3. The average Bonchev–Trinajstić information content (AvgIpc) is 3.33. The van der Waals surface area contributed by atoms with Crippen molar-refractivity contribution in [2.75, 3.05) is 26.2 Å². The third kappa shape index (κ3) is 5.69. The summed E-state index contributed by atoms with van der Waals surface area (Å²) in [5, 5.41) is 2.95. The first kappa shape index (κ1) is 22.8. The third-order valence-corrected chi connectivity index (χ3v) is 6.39. The number of alkyl halides is 3. The molecule has 9 heteroatoms. The number of rotatable bonds is 7. The van der Waals surface area contributed by atoms with Crippen molar-refractivity contribution in [3.8, 4) is 0 Å². The van der Waals surface area contributed by atoms with Gasteiger partial charge in [-0.2, -0.15) is 13.2 Å². The zero-order valence-corrected chi connectivity index (χ0v) is 18.1. The summed E-state index contributed by atoms with van der Waals surface area (Å²) in [6.07, 6.45) is 1.17. The monoisotopic (exact) mass is 450 g/mol. The maximum Gasteiger partial charge on any atom is 0.416 e. The molecule has 174 valence electrons. The van der Waals surface area contributed by atoms with Crippen LogP contribution in [0.15, 0.2) is 36.8 Å². The largest absolute Gasteiger partial charge is 0.416 e. The number of amides is 1. The maximum atomic E-state index is 13.0. The van der Waals surface area contributed by atoms with Gasteiger partial charge in [-0.15, -0.1) is 0 Å². The summed E-state index contributed by atoms with van der Waals surface area (Å²) in [4.78, 5) is 18.8. The second kappa shape index (κ2) is 9.62. The Morgan fingerprint density at radius 2 is 2.19 bits per heavy atom. The molecule has 1 amide bonds. The molecule has 0 radical (unpaired) electrons. The SMILES string of the molecule is Cn1cnc(CCNC(=O)C[C@@H]2OC[C@H]3CN(Cc4cccc(C(F)(F)F)c4)CC[C@H]32)c1. The van der Waals surface area contributed by atoms with Crippen molar-refractivity contribution in [1.82, 2.24) is 19.8 Å². The Morgan fingerprint density at radius 3 is 2.94 bits per heavy atom. The van der Waals surface area contributed by atoms with Gasteiger partial charge < -0.3 is 14.6 Å². The third-order valence-electron chi connectivity index (χ3n) is 6.39. The van der Waals surface area contributed by atoms with Crippen LogP contribution in [0.5, 0.6) is 0 Å². The van der Waals surface area contributed by atoms with Crippen LogP contribution in [0.2, 0.25) is 0 Å². The van der Waals surface area contributed by atoms with Gasteiger partial charge in [-0.25, -0.2) is 4.98 Å². The van der Waals surface area contributed by atoms with Crippen LogP contribution in [0, 0.1) is 11.8 Å². The number of aryl methyl sites for hydroxylation is 1. The molecule has 2 aliphatic rings. The van der Waals surface area contributed by atoms with E-state index in [1.807, 2.05) is 17.8 Å². The van der Waals surface area contributed by atoms with Crippen LogP contribution in [0.1, 0.15) is 29.7 Å². The molecule has 32 heavy (non-hydrogen) atoms. The maximum absolute atomic E-state index is 13.0. The molecule has 0 saturated carbocycles. The number of hydrogen-bond acceptors (Lipinski definition) is 4. The first-order valence-electron chi connectivity index (χ1n) is 11.0. The Balaban J connectivity index is 1.23. The van der Waals surface area contributed by atoms with Gasteiger partial charge in [-0.05, 0) is 30.5 Å². The van der Waals surface area contributed by atoms with E-state index in [4.69, 9.17) is 4.74 Å². The minimum atomic E-state index is -4.33. The van der Waals surface area contributed by atoms with Gasteiger partial charge in [-0.1, -0.05) is 18.2 Å². The van der Waals surface area contributed by atoms with Gasteiger partial charge >= 0.3 is 6.18 Å². The lowest BCUT2D eigenvalue weighted by molar-refractivity contribution is -0.137. The standard InChI is InChI=1S/C23H29F3N4O2/c1-29-13-19(28-15-29)5-7-27-22(31)10-21-20-6-8-30(12-17(20)14-32-21)11-16-3-2-4-18(9-16)23(24,25)26/h2-4,9,13,15,17,20-21H,5-8,10-12,14H2,1H3,(H,27,31)/t17-,20-,21+/m1/s1. The van der Waals surface area contributed by atoms with E-state index in [1.165, 1.54) is 12.1 Å². The lowest BCUT2D eigenvalue weighted by atomic mass is 9.83. The van der Waals surface area contributed by atoms with Crippen molar-refractivity contribution >= 4 is 5.91 Å². The second-order valence-electron chi connectivity index (χ2n) is 8.85. The van der Waals surface area contributed by atoms with Gasteiger partial charge in [0.1, 0.15) is 0 Å². The highest BCUT2D eigenvalue weighted by molar-refractivity contribution is 5.76. The van der Waals surface area contributed by atoms with E-state index in [0.717, 1.165) is 31.3 Å². The number of nitrogens with zero attached hydrogens (tertiary/aromatic N) is 3. The summed E-state index contributed by atoms with van der Waals surface area (Å²) in [6.45, 7) is 3.19. The first-order valence-corrected chi connectivity index (χ1v) is 11.0. The number of imidazole rings is 1. The summed E-state index contributed by atoms with van der Waals surface area (Å²) >= 11 is 0. The van der Waals surface area contributed by atoms with Gasteiger partial charge in [0.25, 0.3) is 0 Å². The van der Waals surface area contributed by atoms with Crippen LogP contribution in [-0.2, 0) is 35.7 Å². The van der Waals surface area contributed by atoms with Gasteiger partial charge in [0, 0.05) is 45.2 Å². The van der Waals surface area contributed by atoms with Gasteiger partial charge in [0.2, 0.25) is 5.91 Å². The quantitative estimate of drug-likeness (QED) is 0.705. The van der Waals surface area contributed by atoms with Crippen LogP contribution in [0.4, 0.5) is 13.2 Å². The number of nitrogens with one attached hydrogen (secondary N) is 1. The van der Waals surface area contributed by atoms with Crippen molar-refractivity contribution in [2.45, 2.75) is 38.1 Å². The molecule has 0 bridgehead atoms. The molecular weight excluding hydrogens is 421 g/mol. The van der Waals surface area contributed by atoms with Crippen LogP contribution < -0.4 is 5.32 Å². The fourth-order valence-corrected chi connectivity index (χ4v) is 4.80. The molecule has 6 nitrogen and oxygen atoms in total. The summed E-state index contributed by atoms with van der Waals surface area (Å²) in [5.74, 6) is 0.605. The highest BCUT2D eigenvalue weighted by Crippen LogP contribution is 2.36. The fraction of sp³-hybridized carbons (Fsp3) is 0.565. The van der Waals surface area contributed by atoms with E-state index in [2.05, 4.69) is 15.2 Å². The highest BCUT2D eigenvalue weighted by atomic mass is 19.4. The number of ether oxygens (including phenoxy) is 1. The molecule has 3 heterocycles. The zero-order valence-electron chi connectivity index (χ0n) is 18.1. The molecule has 0 aliphatic carbocycles. The summed E-state index contributed by atoms with van der Waals surface area (Å²) in [5.41, 5.74) is 1.00. The number of benzene rings is 1. The van der Waals surface area contributed by atoms with Crippen molar-refractivity contribution in [3.05, 3.63) is 53.6 Å². The van der Waals surface area contributed by atoms with Crippen molar-refractivity contribution in [1.29, 1.82) is 0 Å². The molecule has 1 N–H and O–H groups in total. The van der Waals surface area contributed by atoms with E-state index < -0.39 is 11.7 Å². The summed E-state index contributed by atoms with van der Waals surface area (Å²) in [7, 11) is 1.91. The summed E-state index contributed by atoms with van der Waals surface area (Å²) in [6, 6.07) is 5.54. The number of aromatic nitrogens is 2. The minimum absolute atomic E-state index is 0.0158. The van der Waals surface area contributed by atoms with E-state index in [1.54, 1.807) is 12.4 Å². The fourth-order valence-electron chi connectivity index (χ4n) is 4.80. The van der Waals surface area contributed by atoms with E-state index in [-0.39, 0.29) is 12.0 Å². The molecule has 1 aromatic carbocycles. The van der Waals surface area contributed by atoms with Crippen molar-refractivity contribution in [3.63, 3.8) is 0 Å². The molecular formula is C23H29F3N4O2. The number of carbonyl (C=O) groups excluding carboxylic acids is 1. The van der Waals surface area contributed by atoms with Crippen molar-refractivity contribution in [2.24, 2.45) is 18.9 Å². The van der Waals surface area contributed by atoms with Crippen LogP contribution in [0.3, 0.4) is 0 Å². The van der Waals surface area contributed by atoms with Crippen LogP contribution >= 0.6 is 0 Å². The average molecular weight is 451 g/mol. The Morgan fingerprint density at radius 1 is 1.34 bits per heavy atom. The predicted molar refractivity (Wildman–Crippen MR) is 113 cm³/mol. The van der Waals surface area contributed by atoms with Crippen molar-refractivity contribution < 1.29 is 22.7 Å². The molecule has 2 saturated heterocycles. The number of carbonyl (C=O) groups is 1. The van der Waals surface area contributed by atoms with E-state index in [9.17, 15) is 18.0 Å². The summed E-state index contributed by atoms with van der Waals surface area (Å²) < 4.78 is 46.7. The number of fused-ring (bicyclic) bond motifs is 1. The molecule has 0 spiro atoms. The normalized spacial score (nSPS) is 23.8.